The summed E-state index contributed by atoms with van der Waals surface area (Å²) < 4.78 is 2.20. The molecule has 9 heteroatoms. The van der Waals surface area contributed by atoms with Gasteiger partial charge in [0.25, 0.3) is 0 Å². The maximum atomic E-state index is 14.1. The zero-order valence-electron chi connectivity index (χ0n) is 31.0. The molecule has 3 N–H and O–H groups in total. The number of hydrogen-bond donors (Lipinski definition) is 3. The van der Waals surface area contributed by atoms with E-state index in [9.17, 15) is 15.0 Å². The van der Waals surface area contributed by atoms with E-state index in [2.05, 4.69) is 118 Å². The second-order valence-electron chi connectivity index (χ2n) is 16.6. The molecule has 2 bridgehead atoms. The fourth-order valence-corrected chi connectivity index (χ4v) is 9.21. The highest BCUT2D eigenvalue weighted by Crippen LogP contribution is 2.61. The average molecular weight is 666 g/mol. The van der Waals surface area contributed by atoms with Gasteiger partial charge in [-0.1, -0.05) is 58.9 Å². The number of amides is 1. The Morgan fingerprint density at radius 2 is 1.83 bits per heavy atom. The van der Waals surface area contributed by atoms with Crippen LogP contribution in [0.5, 0.6) is 0 Å². The van der Waals surface area contributed by atoms with Gasteiger partial charge in [0.15, 0.2) is 0 Å². The number of aromatic nitrogens is 1. The Hall–Kier alpha value is -2.27. The number of aliphatic hydroxyl groups excluding tert-OH is 2. The number of carbonyl (C=O) groups is 1. The van der Waals surface area contributed by atoms with Crippen molar-refractivity contribution in [2.45, 2.75) is 111 Å². The smallest absolute Gasteiger partial charge is 0.240 e. The Bertz CT molecular complexity index is 1350. The van der Waals surface area contributed by atoms with Crippen LogP contribution < -0.4 is 5.32 Å². The molecule has 3 saturated carbocycles. The van der Waals surface area contributed by atoms with Gasteiger partial charge in [0.2, 0.25) is 5.91 Å². The van der Waals surface area contributed by atoms with E-state index in [-0.39, 0.29) is 18.6 Å². The van der Waals surface area contributed by atoms with Crippen molar-refractivity contribution in [1.29, 1.82) is 0 Å². The Labute approximate surface area is 289 Å². The number of nitrogens with zero attached hydrogens (tertiary/aromatic N) is 4. The summed E-state index contributed by atoms with van der Waals surface area (Å²) in [6.45, 7) is 16.0. The summed E-state index contributed by atoms with van der Waals surface area (Å²) in [5.74, 6) is 1.55. The van der Waals surface area contributed by atoms with Gasteiger partial charge in [0.05, 0.1) is 19.3 Å². The van der Waals surface area contributed by atoms with E-state index >= 15 is 0 Å². The van der Waals surface area contributed by atoms with Crippen molar-refractivity contribution in [3.63, 3.8) is 0 Å². The van der Waals surface area contributed by atoms with Crippen molar-refractivity contribution in [1.82, 2.24) is 24.7 Å². The minimum Gasteiger partial charge on any atom is -0.394 e. The highest BCUT2D eigenvalue weighted by Gasteiger charge is 2.57. The minimum atomic E-state index is -0.814. The first-order valence-electron chi connectivity index (χ1n) is 18.3. The number of aryl methyl sites for hydroxylation is 1. The number of likely N-dealkylation sites (N-methyl/N-ethyl adjacent to an activating group) is 1. The highest BCUT2D eigenvalue weighted by molar-refractivity contribution is 5.82. The van der Waals surface area contributed by atoms with Crippen LogP contribution in [0.15, 0.2) is 42.6 Å². The summed E-state index contributed by atoms with van der Waals surface area (Å²) in [7, 11) is 6.41. The third kappa shape index (κ3) is 8.03. The van der Waals surface area contributed by atoms with Crippen LogP contribution in [0.25, 0.3) is 0 Å². The minimum absolute atomic E-state index is 0.110. The molecule has 6 rings (SSSR count). The molecule has 1 aromatic carbocycles. The quantitative estimate of drug-likeness (QED) is 0.255. The Morgan fingerprint density at radius 3 is 2.42 bits per heavy atom. The Kier molecular flexibility index (Phi) is 11.8. The van der Waals surface area contributed by atoms with E-state index in [0.29, 0.717) is 41.7 Å². The van der Waals surface area contributed by atoms with E-state index in [1.54, 1.807) is 12.0 Å². The SMILES string of the molecule is CC(C)C[C@@H](CN(C)C)N(Cc1cccc(CN2O[C@@H](CO)[C@@H]([C@H](C)O)[C@H]2C(=O)N[C@H]2C[C@H]3C[C@H]([C@H]2C)C3(C)C)c1)Cc1cccn1C. The lowest BCUT2D eigenvalue weighted by atomic mass is 9.45. The summed E-state index contributed by atoms with van der Waals surface area (Å²) >= 11 is 0. The molecule has 9 nitrogen and oxygen atoms in total. The van der Waals surface area contributed by atoms with Crippen LogP contribution in [-0.2, 0) is 36.3 Å². The Morgan fingerprint density at radius 1 is 1.10 bits per heavy atom. The predicted octanol–water partition coefficient (Wildman–Crippen LogP) is 4.66. The lowest BCUT2D eigenvalue weighted by Gasteiger charge is -2.62. The van der Waals surface area contributed by atoms with Crippen molar-refractivity contribution in [3.05, 3.63) is 59.4 Å². The average Bonchev–Trinajstić information content (AvgIpc) is 3.59. The molecule has 2 heterocycles. The summed E-state index contributed by atoms with van der Waals surface area (Å²) in [6.07, 6.45) is 3.98. The van der Waals surface area contributed by atoms with Gasteiger partial charge >= 0.3 is 0 Å². The molecular formula is C39H63N5O4. The van der Waals surface area contributed by atoms with Gasteiger partial charge < -0.3 is 25.0 Å². The van der Waals surface area contributed by atoms with E-state index in [0.717, 1.165) is 38.0 Å². The van der Waals surface area contributed by atoms with Crippen LogP contribution in [0, 0.1) is 35.0 Å². The maximum absolute atomic E-state index is 14.1. The number of hydroxylamine groups is 2. The van der Waals surface area contributed by atoms with Crippen molar-refractivity contribution >= 4 is 5.91 Å². The largest absolute Gasteiger partial charge is 0.394 e. The number of fused-ring (bicyclic) bond motifs is 2. The molecule has 0 spiro atoms. The molecule has 3 aliphatic carbocycles. The molecule has 268 valence electrons. The zero-order valence-corrected chi connectivity index (χ0v) is 31.0. The molecule has 48 heavy (non-hydrogen) atoms. The van der Waals surface area contributed by atoms with Crippen LogP contribution in [0.2, 0.25) is 0 Å². The van der Waals surface area contributed by atoms with Gasteiger partial charge in [-0.05, 0) is 92.6 Å². The number of rotatable bonds is 15. The number of carbonyl (C=O) groups excluding carboxylic acids is 1. The van der Waals surface area contributed by atoms with Crippen LogP contribution in [-0.4, -0.2) is 93.1 Å². The molecule has 0 unspecified atom stereocenters. The molecule has 4 fully saturated rings. The molecular weight excluding hydrogens is 602 g/mol. The molecule has 2 aromatic rings. The number of nitrogens with one attached hydrogen (secondary N) is 1. The van der Waals surface area contributed by atoms with Crippen LogP contribution in [0.3, 0.4) is 0 Å². The van der Waals surface area contributed by atoms with Crippen molar-refractivity contribution in [2.24, 2.45) is 42.1 Å². The fourth-order valence-electron chi connectivity index (χ4n) is 9.21. The van der Waals surface area contributed by atoms with Gasteiger partial charge in [-0.3, -0.25) is 14.5 Å². The lowest BCUT2D eigenvalue weighted by Crippen LogP contribution is -2.62. The van der Waals surface area contributed by atoms with Gasteiger partial charge in [-0.2, -0.15) is 5.06 Å². The van der Waals surface area contributed by atoms with E-state index in [4.69, 9.17) is 4.84 Å². The first kappa shape index (κ1) is 37.0. The maximum Gasteiger partial charge on any atom is 0.240 e. The summed E-state index contributed by atoms with van der Waals surface area (Å²) in [6, 6.07) is 12.7. The van der Waals surface area contributed by atoms with Gasteiger partial charge in [-0.15, -0.1) is 0 Å². The van der Waals surface area contributed by atoms with Gasteiger partial charge in [0.1, 0.15) is 12.1 Å². The van der Waals surface area contributed by atoms with Gasteiger partial charge in [-0.25, -0.2) is 0 Å². The molecule has 0 radical (unpaired) electrons. The fraction of sp³-hybridized carbons (Fsp3) is 0.718. The van der Waals surface area contributed by atoms with Crippen molar-refractivity contribution in [2.75, 3.05) is 27.2 Å². The molecule has 9 atom stereocenters. The number of aliphatic hydroxyl groups is 2. The van der Waals surface area contributed by atoms with Crippen LogP contribution >= 0.6 is 0 Å². The molecule has 4 aliphatic rings. The molecule has 1 saturated heterocycles. The van der Waals surface area contributed by atoms with Crippen LogP contribution in [0.4, 0.5) is 0 Å². The topological polar surface area (TPSA) is 93.4 Å². The van der Waals surface area contributed by atoms with E-state index in [1.165, 1.54) is 17.7 Å². The monoisotopic (exact) mass is 665 g/mol. The normalized spacial score (nSPS) is 29.8. The standard InChI is InChI=1S/C39H63N5O4/c1-25(2)16-32(22-41(7)8)43(23-31-14-11-15-42(31)9)20-28-12-10-13-29(17-28)21-44-37(36(27(4)46)35(24-45)48-44)38(47)40-34-19-30-18-33(26(34)3)39(30,5)6/h10-15,17,25-27,30,32-37,45-46H,16,18-24H2,1-9H3,(H,40,47)/t26-,27+,30-,32+,33-,34+,35+,36-,37+/m1/s1. The van der Waals surface area contributed by atoms with Crippen molar-refractivity contribution < 1.29 is 19.8 Å². The Balaban J connectivity index is 1.35. The van der Waals surface area contributed by atoms with Crippen molar-refractivity contribution in [3.8, 4) is 0 Å². The number of hydrogen-bond acceptors (Lipinski definition) is 7. The lowest BCUT2D eigenvalue weighted by molar-refractivity contribution is -0.183. The summed E-state index contributed by atoms with van der Waals surface area (Å²) in [5, 5.41) is 26.3. The van der Waals surface area contributed by atoms with Gasteiger partial charge in [0, 0.05) is 56.6 Å². The first-order chi connectivity index (χ1) is 22.7. The molecule has 1 aliphatic heterocycles. The van der Waals surface area contributed by atoms with E-state index < -0.39 is 24.2 Å². The molecule has 1 aromatic heterocycles. The summed E-state index contributed by atoms with van der Waals surface area (Å²) in [4.78, 5) is 25.3. The third-order valence-electron chi connectivity index (χ3n) is 12.0. The van der Waals surface area contributed by atoms with E-state index in [1.807, 2.05) is 0 Å². The second kappa shape index (κ2) is 15.3. The first-order valence-corrected chi connectivity index (χ1v) is 18.3. The number of benzene rings is 1. The third-order valence-corrected chi connectivity index (χ3v) is 12.0. The predicted molar refractivity (Wildman–Crippen MR) is 190 cm³/mol. The highest BCUT2D eigenvalue weighted by atomic mass is 16.7. The molecule has 1 amide bonds. The second-order valence-corrected chi connectivity index (χ2v) is 16.6. The summed E-state index contributed by atoms with van der Waals surface area (Å²) in [5.41, 5.74) is 3.85. The zero-order chi connectivity index (χ0) is 34.9. The van der Waals surface area contributed by atoms with Crippen LogP contribution in [0.1, 0.15) is 77.6 Å².